The van der Waals surface area contributed by atoms with E-state index in [1.165, 1.54) is 48.3 Å². The number of nitriles is 1. The summed E-state index contributed by atoms with van der Waals surface area (Å²) in [5.74, 6) is 0.0142. The van der Waals surface area contributed by atoms with Crippen LogP contribution in [0.25, 0.3) is 17.1 Å². The van der Waals surface area contributed by atoms with Gasteiger partial charge in [0.25, 0.3) is 5.56 Å². The van der Waals surface area contributed by atoms with Crippen LogP contribution in [0.15, 0.2) is 47.3 Å². The van der Waals surface area contributed by atoms with Crippen LogP contribution < -0.4 is 10.3 Å². The molecule has 0 saturated heterocycles. The van der Waals surface area contributed by atoms with Crippen molar-refractivity contribution in [3.8, 4) is 29.0 Å². The molecule has 0 bridgehead atoms. The normalized spacial score (nSPS) is 13.2. The number of rotatable bonds is 4. The van der Waals surface area contributed by atoms with Gasteiger partial charge in [-0.05, 0) is 54.7 Å². The van der Waals surface area contributed by atoms with Gasteiger partial charge in [0, 0.05) is 5.56 Å². The van der Waals surface area contributed by atoms with Crippen LogP contribution in [0.4, 0.5) is 4.39 Å². The minimum absolute atomic E-state index is 0.0442. The number of halogens is 2. The van der Waals surface area contributed by atoms with Crippen LogP contribution in [0, 0.1) is 17.1 Å². The van der Waals surface area contributed by atoms with E-state index in [9.17, 15) is 9.18 Å². The zero-order valence-electron chi connectivity index (χ0n) is 14.9. The third-order valence-corrected chi connectivity index (χ3v) is 5.06. The summed E-state index contributed by atoms with van der Waals surface area (Å²) in [5.41, 5.74) is 1.50. The van der Waals surface area contributed by atoms with Gasteiger partial charge in [-0.3, -0.25) is 9.36 Å². The van der Waals surface area contributed by atoms with Crippen molar-refractivity contribution in [1.29, 1.82) is 5.26 Å². The van der Waals surface area contributed by atoms with Crippen LogP contribution in [0.5, 0.6) is 5.88 Å². The van der Waals surface area contributed by atoms with Gasteiger partial charge in [-0.15, -0.1) is 0 Å². The Labute approximate surface area is 165 Å². The van der Waals surface area contributed by atoms with Crippen molar-refractivity contribution in [2.24, 2.45) is 0 Å². The summed E-state index contributed by atoms with van der Waals surface area (Å²) in [6.45, 7) is 0. The van der Waals surface area contributed by atoms with E-state index >= 15 is 0 Å². The lowest BCUT2D eigenvalue weighted by Crippen LogP contribution is -2.23. The molecule has 3 aromatic rings. The van der Waals surface area contributed by atoms with Gasteiger partial charge >= 0.3 is 0 Å². The summed E-state index contributed by atoms with van der Waals surface area (Å²) in [6.07, 6.45) is 2.34. The zero-order chi connectivity index (χ0) is 19.8. The molecule has 0 radical (unpaired) electrons. The Morgan fingerprint density at radius 1 is 1.25 bits per heavy atom. The number of hydrogen-bond acceptors (Lipinski definition) is 4. The number of methoxy groups -OCH3 is 1. The van der Waals surface area contributed by atoms with E-state index in [2.05, 4.69) is 4.98 Å². The van der Waals surface area contributed by atoms with E-state index in [0.29, 0.717) is 17.2 Å². The molecule has 0 N–H and O–H groups in total. The first kappa shape index (κ1) is 18.2. The molecule has 1 aromatic heterocycles. The smallest absolute Gasteiger partial charge is 0.281 e. The maximum atomic E-state index is 14.2. The number of benzene rings is 2. The molecule has 1 aliphatic rings. The molecule has 5 nitrogen and oxygen atoms in total. The Bertz CT molecular complexity index is 1160. The van der Waals surface area contributed by atoms with Crippen LogP contribution in [0.1, 0.15) is 29.9 Å². The Hall–Kier alpha value is -3.17. The van der Waals surface area contributed by atoms with Crippen LogP contribution in [-0.2, 0) is 0 Å². The molecule has 0 spiro atoms. The molecule has 28 heavy (non-hydrogen) atoms. The lowest BCUT2D eigenvalue weighted by molar-refractivity contribution is 0.396. The van der Waals surface area contributed by atoms with Crippen molar-refractivity contribution in [3.05, 3.63) is 74.8 Å². The van der Waals surface area contributed by atoms with Crippen molar-refractivity contribution < 1.29 is 9.13 Å². The van der Waals surface area contributed by atoms with Gasteiger partial charge in [0.15, 0.2) is 10.8 Å². The molecule has 1 saturated carbocycles. The molecular weight excluding hydrogens is 381 g/mol. The lowest BCUT2D eigenvalue weighted by Gasteiger charge is -2.15. The van der Waals surface area contributed by atoms with Crippen LogP contribution in [0.3, 0.4) is 0 Å². The predicted molar refractivity (Wildman–Crippen MR) is 103 cm³/mol. The van der Waals surface area contributed by atoms with Crippen LogP contribution in [0.2, 0.25) is 5.02 Å². The Morgan fingerprint density at radius 3 is 2.54 bits per heavy atom. The van der Waals surface area contributed by atoms with Gasteiger partial charge in [0.05, 0.1) is 18.4 Å². The summed E-state index contributed by atoms with van der Waals surface area (Å²) in [5, 5.41) is 8.79. The molecule has 1 aliphatic carbocycles. The van der Waals surface area contributed by atoms with Crippen molar-refractivity contribution >= 4 is 11.6 Å². The third-order valence-electron chi connectivity index (χ3n) is 4.74. The molecular formula is C21H15ClFN3O2. The van der Waals surface area contributed by atoms with Crippen LogP contribution in [-0.4, -0.2) is 16.7 Å². The lowest BCUT2D eigenvalue weighted by atomic mass is 10.1. The summed E-state index contributed by atoms with van der Waals surface area (Å²) < 4.78 is 20.6. The average molecular weight is 396 g/mol. The number of hydrogen-bond donors (Lipinski definition) is 0. The van der Waals surface area contributed by atoms with Crippen molar-refractivity contribution in [2.45, 2.75) is 18.8 Å². The van der Waals surface area contributed by atoms with E-state index in [0.717, 1.165) is 0 Å². The maximum absolute atomic E-state index is 14.2. The molecule has 1 heterocycles. The topological polar surface area (TPSA) is 67.9 Å². The molecule has 140 valence electrons. The molecule has 1 fully saturated rings. The summed E-state index contributed by atoms with van der Waals surface area (Å²) in [6, 6.07) is 13.4. The summed E-state index contributed by atoms with van der Waals surface area (Å²) in [7, 11) is 1.35. The van der Waals surface area contributed by atoms with Gasteiger partial charge in [0.1, 0.15) is 11.9 Å². The Kier molecular flexibility index (Phi) is 4.62. The molecule has 7 heteroatoms. The minimum Gasteiger partial charge on any atom is -0.480 e. The van der Waals surface area contributed by atoms with Crippen molar-refractivity contribution in [2.75, 3.05) is 7.11 Å². The number of nitrogens with zero attached hydrogens (tertiary/aromatic N) is 3. The second-order valence-corrected chi connectivity index (χ2v) is 6.95. The molecule has 0 unspecified atom stereocenters. The molecule has 0 atom stereocenters. The highest BCUT2D eigenvalue weighted by atomic mass is 35.5. The maximum Gasteiger partial charge on any atom is 0.281 e. The monoisotopic (exact) mass is 395 g/mol. The first-order valence-electron chi connectivity index (χ1n) is 8.70. The van der Waals surface area contributed by atoms with E-state index in [-0.39, 0.29) is 22.3 Å². The largest absolute Gasteiger partial charge is 0.480 e. The zero-order valence-corrected chi connectivity index (χ0v) is 15.7. The molecule has 2 aromatic carbocycles. The van der Waals surface area contributed by atoms with E-state index in [1.54, 1.807) is 6.07 Å². The van der Waals surface area contributed by atoms with Crippen molar-refractivity contribution in [3.63, 3.8) is 0 Å². The van der Waals surface area contributed by atoms with Gasteiger partial charge in [-0.1, -0.05) is 23.7 Å². The van der Waals surface area contributed by atoms with Crippen LogP contribution >= 0.6 is 11.6 Å². The Morgan fingerprint density at radius 2 is 1.96 bits per heavy atom. The second kappa shape index (κ2) is 7.10. The highest BCUT2D eigenvalue weighted by Gasteiger charge is 2.24. The SMILES string of the molecule is COc1nc(-c2ccc(C#N)c(F)c2)n(-c2ccc(C3CC3)cc2)c(=O)c1Cl. The number of ether oxygens (including phenoxy) is 1. The van der Waals surface area contributed by atoms with E-state index in [4.69, 9.17) is 21.6 Å². The predicted octanol–water partition coefficient (Wildman–Crippen LogP) is 4.45. The second-order valence-electron chi connectivity index (χ2n) is 6.57. The fraction of sp³-hybridized carbons (Fsp3) is 0.190. The average Bonchev–Trinajstić information content (AvgIpc) is 3.55. The molecule has 4 rings (SSSR count). The van der Waals surface area contributed by atoms with Gasteiger partial charge in [0.2, 0.25) is 5.88 Å². The van der Waals surface area contributed by atoms with Crippen molar-refractivity contribution in [1.82, 2.24) is 9.55 Å². The van der Waals surface area contributed by atoms with Gasteiger partial charge < -0.3 is 4.74 Å². The standard InChI is InChI=1S/C21H15ClFN3O2/c1-28-20-18(22)21(27)26(16-8-6-13(7-9-16)12-2-3-12)19(25-20)14-4-5-15(11-24)17(23)10-14/h4-10,12H,2-3H2,1H3. The van der Waals surface area contributed by atoms with Gasteiger partial charge in [-0.25, -0.2) is 4.39 Å². The van der Waals surface area contributed by atoms with E-state index < -0.39 is 11.4 Å². The highest BCUT2D eigenvalue weighted by molar-refractivity contribution is 6.31. The first-order valence-corrected chi connectivity index (χ1v) is 9.08. The molecule has 0 aliphatic heterocycles. The molecule has 0 amide bonds. The fourth-order valence-corrected chi connectivity index (χ4v) is 3.31. The summed E-state index contributed by atoms with van der Waals surface area (Å²) >= 11 is 6.14. The summed E-state index contributed by atoms with van der Waals surface area (Å²) in [4.78, 5) is 17.3. The third kappa shape index (κ3) is 3.14. The van der Waals surface area contributed by atoms with E-state index in [1.807, 2.05) is 24.3 Å². The fourth-order valence-electron chi connectivity index (χ4n) is 3.11. The highest BCUT2D eigenvalue weighted by Crippen LogP contribution is 2.40. The Balaban J connectivity index is 1.94. The minimum atomic E-state index is -0.696. The quantitative estimate of drug-likeness (QED) is 0.654. The first-order chi connectivity index (χ1) is 13.5. The number of aromatic nitrogens is 2. The van der Waals surface area contributed by atoms with Gasteiger partial charge in [-0.2, -0.15) is 10.2 Å².